The Balaban J connectivity index is 1.86. The molecule has 0 radical (unpaired) electrons. The molecule has 4 aliphatic carbocycles. The Kier molecular flexibility index (Phi) is 3.23. The topological polar surface area (TPSA) is 0 Å². The minimum Gasteiger partial charge on any atom is -0.171 e. The highest BCUT2D eigenvalue weighted by molar-refractivity contribution is 5.06. The molecule has 0 aliphatic heterocycles. The molecule has 0 aromatic heterocycles. The van der Waals surface area contributed by atoms with Crippen LogP contribution >= 0.6 is 0 Å². The van der Waals surface area contributed by atoms with Gasteiger partial charge in [0.05, 0.1) is 5.41 Å². The fraction of sp³-hybridized carbons (Fsp3) is 1.00. The number of halogens is 3. The van der Waals surface area contributed by atoms with Gasteiger partial charge in [0, 0.05) is 0 Å². The molecule has 3 heteroatoms. The van der Waals surface area contributed by atoms with E-state index in [4.69, 9.17) is 0 Å². The summed E-state index contributed by atoms with van der Waals surface area (Å²) in [5, 5.41) is 0. The van der Waals surface area contributed by atoms with Gasteiger partial charge in [-0.05, 0) is 74.0 Å². The van der Waals surface area contributed by atoms with Gasteiger partial charge in [-0.2, -0.15) is 13.2 Å². The maximum Gasteiger partial charge on any atom is 0.394 e. The standard InChI is InChI=1S/C17H27F3/c1-4-15(2,17(18,19)20)10-16(3)13-6-11-5-12(8-13)9-14(16)7-11/h11-14H,4-10H2,1-3H3. The summed E-state index contributed by atoms with van der Waals surface area (Å²) in [5.41, 5.74) is -1.58. The van der Waals surface area contributed by atoms with Crippen molar-refractivity contribution in [2.75, 3.05) is 0 Å². The van der Waals surface area contributed by atoms with Crippen LogP contribution in [0.4, 0.5) is 13.2 Å². The first-order valence-corrected chi connectivity index (χ1v) is 8.24. The second-order valence-electron chi connectivity index (χ2n) is 8.40. The third-order valence-electron chi connectivity index (χ3n) is 7.24. The molecule has 20 heavy (non-hydrogen) atoms. The molecule has 0 aromatic rings. The van der Waals surface area contributed by atoms with Gasteiger partial charge in [-0.15, -0.1) is 0 Å². The summed E-state index contributed by atoms with van der Waals surface area (Å²) in [6, 6.07) is 0. The molecule has 0 heterocycles. The lowest BCUT2D eigenvalue weighted by molar-refractivity contribution is -0.243. The van der Waals surface area contributed by atoms with Crippen LogP contribution in [0.25, 0.3) is 0 Å². The zero-order valence-electron chi connectivity index (χ0n) is 12.9. The highest BCUT2D eigenvalue weighted by Crippen LogP contribution is 2.66. The first kappa shape index (κ1) is 14.7. The van der Waals surface area contributed by atoms with Gasteiger partial charge in [0.1, 0.15) is 0 Å². The largest absolute Gasteiger partial charge is 0.394 e. The highest BCUT2D eigenvalue weighted by Gasteiger charge is 2.60. The fourth-order valence-corrected chi connectivity index (χ4v) is 5.82. The molecular formula is C17H27F3. The Morgan fingerprint density at radius 2 is 1.40 bits per heavy atom. The van der Waals surface area contributed by atoms with Crippen LogP contribution in [0.1, 0.15) is 65.7 Å². The summed E-state index contributed by atoms with van der Waals surface area (Å²) >= 11 is 0. The van der Waals surface area contributed by atoms with E-state index in [0.717, 1.165) is 11.8 Å². The van der Waals surface area contributed by atoms with E-state index in [9.17, 15) is 13.2 Å². The van der Waals surface area contributed by atoms with E-state index in [1.54, 1.807) is 6.92 Å². The normalized spacial score (nSPS) is 46.5. The van der Waals surface area contributed by atoms with Crippen molar-refractivity contribution in [2.24, 2.45) is 34.5 Å². The van der Waals surface area contributed by atoms with E-state index in [-0.39, 0.29) is 11.8 Å². The van der Waals surface area contributed by atoms with Gasteiger partial charge in [-0.3, -0.25) is 0 Å². The minimum absolute atomic E-state index is 0.0757. The molecular weight excluding hydrogens is 261 g/mol. The predicted octanol–water partition coefficient (Wildman–Crippen LogP) is 5.82. The molecule has 0 N–H and O–H groups in total. The smallest absolute Gasteiger partial charge is 0.171 e. The van der Waals surface area contributed by atoms with Crippen LogP contribution in [-0.2, 0) is 0 Å². The SMILES string of the molecule is CCC(C)(CC1(C)C2CC3CC(C2)CC1C3)C(F)(F)F. The van der Waals surface area contributed by atoms with E-state index < -0.39 is 11.6 Å². The second-order valence-corrected chi connectivity index (χ2v) is 8.40. The van der Waals surface area contributed by atoms with Crippen LogP contribution in [0, 0.1) is 34.5 Å². The van der Waals surface area contributed by atoms with Crippen molar-refractivity contribution >= 4 is 0 Å². The van der Waals surface area contributed by atoms with Crippen molar-refractivity contribution in [3.05, 3.63) is 0 Å². The van der Waals surface area contributed by atoms with Crippen LogP contribution in [0.15, 0.2) is 0 Å². The molecule has 116 valence electrons. The summed E-state index contributed by atoms with van der Waals surface area (Å²) in [6.45, 7) is 5.33. The van der Waals surface area contributed by atoms with Crippen LogP contribution in [0.3, 0.4) is 0 Å². The molecule has 0 aromatic carbocycles. The molecule has 0 amide bonds. The summed E-state index contributed by atoms with van der Waals surface area (Å²) in [4.78, 5) is 0. The maximum absolute atomic E-state index is 13.5. The quantitative estimate of drug-likeness (QED) is 0.614. The lowest BCUT2D eigenvalue weighted by Crippen LogP contribution is -2.54. The minimum atomic E-state index is -4.07. The number of alkyl halides is 3. The van der Waals surface area contributed by atoms with E-state index >= 15 is 0 Å². The Labute approximate surface area is 120 Å². The third-order valence-corrected chi connectivity index (χ3v) is 7.24. The van der Waals surface area contributed by atoms with Crippen LogP contribution in [0.5, 0.6) is 0 Å². The molecule has 0 saturated heterocycles. The van der Waals surface area contributed by atoms with Gasteiger partial charge in [-0.1, -0.05) is 20.8 Å². The van der Waals surface area contributed by atoms with Crippen molar-refractivity contribution in [1.29, 1.82) is 0 Å². The zero-order chi connectivity index (χ0) is 14.8. The first-order chi connectivity index (χ1) is 9.18. The number of rotatable bonds is 3. The maximum atomic E-state index is 13.5. The molecule has 0 nitrogen and oxygen atoms in total. The van der Waals surface area contributed by atoms with Crippen LogP contribution in [-0.4, -0.2) is 6.18 Å². The molecule has 4 rings (SSSR count). The van der Waals surface area contributed by atoms with Crippen molar-refractivity contribution in [3.63, 3.8) is 0 Å². The van der Waals surface area contributed by atoms with Crippen molar-refractivity contribution in [1.82, 2.24) is 0 Å². The molecule has 4 fully saturated rings. The average molecular weight is 288 g/mol. The molecule has 4 bridgehead atoms. The first-order valence-electron chi connectivity index (χ1n) is 8.24. The van der Waals surface area contributed by atoms with Gasteiger partial charge >= 0.3 is 6.18 Å². The Morgan fingerprint density at radius 3 is 1.75 bits per heavy atom. The Hall–Kier alpha value is -0.210. The van der Waals surface area contributed by atoms with Gasteiger partial charge in [-0.25, -0.2) is 0 Å². The Morgan fingerprint density at radius 1 is 0.950 bits per heavy atom. The highest BCUT2D eigenvalue weighted by atomic mass is 19.4. The zero-order valence-corrected chi connectivity index (χ0v) is 12.9. The van der Waals surface area contributed by atoms with Crippen molar-refractivity contribution < 1.29 is 13.2 Å². The van der Waals surface area contributed by atoms with Gasteiger partial charge in [0.2, 0.25) is 0 Å². The van der Waals surface area contributed by atoms with Crippen LogP contribution < -0.4 is 0 Å². The summed E-state index contributed by atoms with van der Waals surface area (Å²) < 4.78 is 40.5. The van der Waals surface area contributed by atoms with Gasteiger partial charge in [0.15, 0.2) is 0 Å². The number of hydrogen-bond acceptors (Lipinski definition) is 0. The van der Waals surface area contributed by atoms with E-state index in [1.807, 2.05) is 0 Å². The average Bonchev–Trinajstić information content (AvgIpc) is 2.34. The molecule has 4 aliphatic rings. The monoisotopic (exact) mass is 288 g/mol. The van der Waals surface area contributed by atoms with Crippen LogP contribution in [0.2, 0.25) is 0 Å². The van der Waals surface area contributed by atoms with E-state index in [0.29, 0.717) is 18.3 Å². The van der Waals surface area contributed by atoms with E-state index in [1.165, 1.54) is 39.0 Å². The molecule has 1 unspecified atom stereocenters. The number of hydrogen-bond donors (Lipinski definition) is 0. The predicted molar refractivity (Wildman–Crippen MR) is 74.2 cm³/mol. The summed E-state index contributed by atoms with van der Waals surface area (Å²) in [5.74, 6) is 2.74. The fourth-order valence-electron chi connectivity index (χ4n) is 5.82. The van der Waals surface area contributed by atoms with Gasteiger partial charge < -0.3 is 0 Å². The Bertz CT molecular complexity index is 356. The second kappa shape index (κ2) is 4.39. The van der Waals surface area contributed by atoms with Crippen molar-refractivity contribution in [3.8, 4) is 0 Å². The lowest BCUT2D eigenvalue weighted by atomic mass is 9.43. The lowest BCUT2D eigenvalue weighted by Gasteiger charge is -2.62. The summed E-state index contributed by atoms with van der Waals surface area (Å²) in [6.07, 6.45) is 2.62. The molecule has 1 atom stereocenters. The molecule has 4 saturated carbocycles. The van der Waals surface area contributed by atoms with Crippen molar-refractivity contribution in [2.45, 2.75) is 71.9 Å². The van der Waals surface area contributed by atoms with E-state index in [2.05, 4.69) is 6.92 Å². The third kappa shape index (κ3) is 2.02. The summed E-state index contributed by atoms with van der Waals surface area (Å²) in [7, 11) is 0. The van der Waals surface area contributed by atoms with Gasteiger partial charge in [0.25, 0.3) is 0 Å². The molecule has 0 spiro atoms.